The molecule has 5 atom stereocenters. The molecule has 10 nitrogen and oxygen atoms in total. The van der Waals surface area contributed by atoms with Gasteiger partial charge in [0.2, 0.25) is 11.8 Å². The number of ketones is 1. The lowest BCUT2D eigenvalue weighted by atomic mass is 9.95. The molecule has 2 N–H and O–H groups in total. The Bertz CT molecular complexity index is 926. The number of hydrogen-bond donors (Lipinski definition) is 2. The van der Waals surface area contributed by atoms with Crippen molar-refractivity contribution in [3.05, 3.63) is 29.8 Å². The maximum Gasteiger partial charge on any atom is 0.327 e. The monoisotopic (exact) mass is 463 g/mol. The molecule has 2 fully saturated rings. The number of imide groups is 1. The summed E-state index contributed by atoms with van der Waals surface area (Å²) in [4.78, 5) is 54.7. The van der Waals surface area contributed by atoms with Crippen molar-refractivity contribution in [2.45, 2.75) is 29.9 Å². The van der Waals surface area contributed by atoms with Crippen molar-refractivity contribution >= 4 is 35.4 Å². The third kappa shape index (κ3) is 4.32. The minimum absolute atomic E-state index is 0.305. The van der Waals surface area contributed by atoms with Crippen molar-refractivity contribution in [3.8, 4) is 5.75 Å². The van der Waals surface area contributed by atoms with Gasteiger partial charge >= 0.3 is 6.03 Å². The molecule has 4 amide bonds. The first kappa shape index (κ1) is 24.0. The van der Waals surface area contributed by atoms with Gasteiger partial charge in [-0.2, -0.15) is 0 Å². The Balaban J connectivity index is 2.03. The summed E-state index contributed by atoms with van der Waals surface area (Å²) >= 11 is 1.10. The summed E-state index contributed by atoms with van der Waals surface area (Å²) in [5.74, 6) is -1.13. The van der Waals surface area contributed by atoms with Gasteiger partial charge in [0.15, 0.2) is 5.78 Å². The molecule has 0 saturated carbocycles. The van der Waals surface area contributed by atoms with Crippen LogP contribution >= 0.6 is 11.8 Å². The van der Waals surface area contributed by atoms with E-state index in [4.69, 9.17) is 4.74 Å². The number of methoxy groups -OCH3 is 1. The third-order valence-electron chi connectivity index (χ3n) is 5.72. The zero-order valence-electron chi connectivity index (χ0n) is 19.0. The number of carbonyl (C=O) groups is 4. The van der Waals surface area contributed by atoms with Crippen LogP contribution in [0.1, 0.15) is 18.7 Å². The Labute approximate surface area is 191 Å². The fourth-order valence-electron chi connectivity index (χ4n) is 3.96. The number of benzene rings is 1. The van der Waals surface area contributed by atoms with Crippen LogP contribution in [0.3, 0.4) is 0 Å². The highest BCUT2D eigenvalue weighted by atomic mass is 32.2. The molecule has 0 spiro atoms. The SMILES string of the molecule is COc1ccccc1C1NC(SC(C(C)=O)C(=O)N(C)C)C2C(=O)N(C)C(=O)N(C)C2N1. The zero-order chi connectivity index (χ0) is 23.7. The van der Waals surface area contributed by atoms with E-state index in [0.29, 0.717) is 5.75 Å². The smallest absolute Gasteiger partial charge is 0.327 e. The molecule has 32 heavy (non-hydrogen) atoms. The van der Waals surface area contributed by atoms with Crippen LogP contribution in [0.5, 0.6) is 5.75 Å². The van der Waals surface area contributed by atoms with Gasteiger partial charge < -0.3 is 14.5 Å². The number of ether oxygens (including phenoxy) is 1. The van der Waals surface area contributed by atoms with E-state index in [1.54, 1.807) is 28.3 Å². The van der Waals surface area contributed by atoms with Gasteiger partial charge in [-0.25, -0.2) is 4.79 Å². The van der Waals surface area contributed by atoms with E-state index in [2.05, 4.69) is 10.6 Å². The van der Waals surface area contributed by atoms with Gasteiger partial charge in [-0.1, -0.05) is 18.2 Å². The minimum atomic E-state index is -0.986. The number of rotatable bonds is 6. The first-order chi connectivity index (χ1) is 15.1. The van der Waals surface area contributed by atoms with E-state index in [-0.39, 0.29) is 17.6 Å². The Morgan fingerprint density at radius 2 is 1.81 bits per heavy atom. The maximum atomic E-state index is 13.1. The topological polar surface area (TPSA) is 111 Å². The number of para-hydroxylation sites is 1. The lowest BCUT2D eigenvalue weighted by Crippen LogP contribution is -2.72. The average molecular weight is 464 g/mol. The highest BCUT2D eigenvalue weighted by Crippen LogP contribution is 2.38. The Hall–Kier alpha value is -2.63. The van der Waals surface area contributed by atoms with Crippen LogP contribution < -0.4 is 15.4 Å². The number of nitrogens with zero attached hydrogens (tertiary/aromatic N) is 3. The molecule has 0 radical (unpaired) electrons. The number of fused-ring (bicyclic) bond motifs is 1. The maximum absolute atomic E-state index is 13.1. The summed E-state index contributed by atoms with van der Waals surface area (Å²) in [6.07, 6.45) is -1.12. The first-order valence-electron chi connectivity index (χ1n) is 10.1. The highest BCUT2D eigenvalue weighted by molar-refractivity contribution is 8.02. The van der Waals surface area contributed by atoms with Crippen molar-refractivity contribution in [2.75, 3.05) is 35.3 Å². The predicted molar refractivity (Wildman–Crippen MR) is 120 cm³/mol. The standard InChI is InChI=1S/C21H29N5O5S/c1-11(27)15(20(29)24(2)3)32-18-14-17(25(4)21(30)26(5)19(14)28)22-16(23-18)12-9-7-8-10-13(12)31-6/h7-10,14-18,22-23H,1-6H3. The van der Waals surface area contributed by atoms with E-state index in [1.165, 1.54) is 23.8 Å². The molecule has 2 heterocycles. The fourth-order valence-corrected chi connectivity index (χ4v) is 5.43. The third-order valence-corrected chi connectivity index (χ3v) is 7.25. The Morgan fingerprint density at radius 3 is 2.41 bits per heavy atom. The number of amides is 4. The van der Waals surface area contributed by atoms with Crippen LogP contribution in [0.15, 0.2) is 24.3 Å². The second-order valence-electron chi connectivity index (χ2n) is 8.05. The number of nitrogens with one attached hydrogen (secondary N) is 2. The molecule has 2 saturated heterocycles. The molecule has 3 rings (SSSR count). The van der Waals surface area contributed by atoms with E-state index in [1.807, 2.05) is 24.3 Å². The summed E-state index contributed by atoms with van der Waals surface area (Å²) in [6, 6.07) is 6.96. The zero-order valence-corrected chi connectivity index (χ0v) is 19.8. The summed E-state index contributed by atoms with van der Waals surface area (Å²) in [6.45, 7) is 1.36. The van der Waals surface area contributed by atoms with Gasteiger partial charge in [-0.05, 0) is 13.0 Å². The molecule has 2 aliphatic heterocycles. The van der Waals surface area contributed by atoms with Crippen molar-refractivity contribution in [3.63, 3.8) is 0 Å². The lowest BCUT2D eigenvalue weighted by Gasteiger charge is -2.50. The van der Waals surface area contributed by atoms with Crippen LogP contribution in [0, 0.1) is 5.92 Å². The highest BCUT2D eigenvalue weighted by Gasteiger charge is 2.52. The Morgan fingerprint density at radius 1 is 1.16 bits per heavy atom. The van der Waals surface area contributed by atoms with Gasteiger partial charge in [0, 0.05) is 33.8 Å². The molecule has 0 aliphatic carbocycles. The normalized spacial score (nSPS) is 26.4. The number of carbonyl (C=O) groups excluding carboxylic acids is 4. The van der Waals surface area contributed by atoms with Gasteiger partial charge in [-0.15, -0.1) is 11.8 Å². The van der Waals surface area contributed by atoms with Crippen molar-refractivity contribution in [2.24, 2.45) is 5.92 Å². The molecule has 1 aromatic rings. The Kier molecular flexibility index (Phi) is 7.11. The fraction of sp³-hybridized carbons (Fsp3) is 0.524. The van der Waals surface area contributed by atoms with Crippen LogP contribution in [0.2, 0.25) is 0 Å². The van der Waals surface area contributed by atoms with Crippen LogP contribution in [-0.2, 0) is 14.4 Å². The molecule has 174 valence electrons. The molecular weight excluding hydrogens is 434 g/mol. The van der Waals surface area contributed by atoms with Crippen molar-refractivity contribution in [1.29, 1.82) is 0 Å². The number of hydrogen-bond acceptors (Lipinski definition) is 8. The van der Waals surface area contributed by atoms with Crippen LogP contribution in [0.4, 0.5) is 4.79 Å². The summed E-state index contributed by atoms with van der Waals surface area (Å²) in [7, 11) is 7.78. The average Bonchev–Trinajstić information content (AvgIpc) is 2.78. The van der Waals surface area contributed by atoms with Gasteiger partial charge in [0.1, 0.15) is 11.0 Å². The second-order valence-corrected chi connectivity index (χ2v) is 9.30. The quantitative estimate of drug-likeness (QED) is 0.586. The molecule has 0 bridgehead atoms. The predicted octanol–water partition coefficient (Wildman–Crippen LogP) is 0.458. The second kappa shape index (κ2) is 9.47. The molecule has 1 aromatic carbocycles. The number of Topliss-reactive ketones (excluding diaryl/α,β-unsaturated/α-hetero) is 1. The minimum Gasteiger partial charge on any atom is -0.496 e. The van der Waals surface area contributed by atoms with Gasteiger partial charge in [-0.3, -0.25) is 29.9 Å². The molecule has 5 unspecified atom stereocenters. The van der Waals surface area contributed by atoms with Crippen LogP contribution in [0.25, 0.3) is 0 Å². The summed E-state index contributed by atoms with van der Waals surface area (Å²) in [5.41, 5.74) is 0.782. The number of urea groups is 1. The van der Waals surface area contributed by atoms with Gasteiger partial charge in [0.25, 0.3) is 0 Å². The van der Waals surface area contributed by atoms with E-state index in [0.717, 1.165) is 22.2 Å². The first-order valence-corrected chi connectivity index (χ1v) is 11.1. The largest absolute Gasteiger partial charge is 0.496 e. The molecule has 2 aliphatic rings. The van der Waals surface area contributed by atoms with Crippen LogP contribution in [-0.4, -0.2) is 90.4 Å². The summed E-state index contributed by atoms with van der Waals surface area (Å²) in [5, 5.41) is 5.10. The van der Waals surface area contributed by atoms with E-state index >= 15 is 0 Å². The lowest BCUT2D eigenvalue weighted by molar-refractivity contribution is -0.140. The van der Waals surface area contributed by atoms with Crippen molar-refractivity contribution in [1.82, 2.24) is 25.3 Å². The van der Waals surface area contributed by atoms with Crippen molar-refractivity contribution < 1.29 is 23.9 Å². The molecular formula is C21H29N5O5S. The molecule has 0 aromatic heterocycles. The number of thioether (sulfide) groups is 1. The van der Waals surface area contributed by atoms with Gasteiger partial charge in [0.05, 0.1) is 30.7 Å². The molecule has 11 heteroatoms. The summed E-state index contributed by atoms with van der Waals surface area (Å²) < 4.78 is 5.49. The van der Waals surface area contributed by atoms with E-state index < -0.39 is 34.9 Å². The van der Waals surface area contributed by atoms with E-state index in [9.17, 15) is 19.2 Å².